The summed E-state index contributed by atoms with van der Waals surface area (Å²) in [5.74, 6) is 0.166. The monoisotopic (exact) mass is 466 g/mol. The van der Waals surface area contributed by atoms with Crippen LogP contribution in [-0.4, -0.2) is 112 Å². The maximum atomic E-state index is 12.7. The largest absolute Gasteiger partial charge is 0.379 e. The molecule has 10 heteroatoms. The van der Waals surface area contributed by atoms with Gasteiger partial charge in [0.25, 0.3) is 0 Å². The molecule has 0 unspecified atom stereocenters. The van der Waals surface area contributed by atoms with Gasteiger partial charge in [0, 0.05) is 59.8 Å². The van der Waals surface area contributed by atoms with Crippen molar-refractivity contribution in [3.8, 4) is 0 Å². The quantitative estimate of drug-likeness (QED) is 0.573. The minimum absolute atomic E-state index is 0.0730. The summed E-state index contributed by atoms with van der Waals surface area (Å²) in [7, 11) is -0.00302. The van der Waals surface area contributed by atoms with Gasteiger partial charge in [0.1, 0.15) is 0 Å². The molecule has 1 aromatic carbocycles. The lowest BCUT2D eigenvalue weighted by atomic mass is 10.1. The zero-order valence-corrected chi connectivity index (χ0v) is 19.8. The van der Waals surface area contributed by atoms with Crippen LogP contribution in [0, 0.1) is 0 Å². The average molecular weight is 467 g/mol. The van der Waals surface area contributed by atoms with E-state index in [2.05, 4.69) is 4.90 Å². The number of morpholine rings is 1. The van der Waals surface area contributed by atoms with Gasteiger partial charge in [0.15, 0.2) is 0 Å². The van der Waals surface area contributed by atoms with E-state index in [0.717, 1.165) is 18.5 Å². The maximum Gasteiger partial charge on any atom is 0.243 e. The minimum Gasteiger partial charge on any atom is -0.379 e. The van der Waals surface area contributed by atoms with Gasteiger partial charge in [-0.05, 0) is 30.5 Å². The van der Waals surface area contributed by atoms with Crippen LogP contribution >= 0.6 is 0 Å². The molecule has 2 amide bonds. The van der Waals surface area contributed by atoms with Crippen LogP contribution in [-0.2, 0) is 30.8 Å². The summed E-state index contributed by atoms with van der Waals surface area (Å²) in [6, 6.07) is 6.82. The molecule has 0 bridgehead atoms. The maximum absolute atomic E-state index is 12.7. The fourth-order valence-corrected chi connectivity index (χ4v) is 5.29. The third kappa shape index (κ3) is 6.50. The Labute approximate surface area is 190 Å². The van der Waals surface area contributed by atoms with E-state index in [1.54, 1.807) is 43.3 Å². The lowest BCUT2D eigenvalue weighted by molar-refractivity contribution is -0.131. The normalized spacial score (nSPS) is 18.9. The molecule has 0 N–H and O–H groups in total. The Hall–Kier alpha value is -2.01. The molecule has 0 aromatic heterocycles. The Morgan fingerprint density at radius 2 is 1.66 bits per heavy atom. The number of likely N-dealkylation sites (N-methyl/N-ethyl adjacent to an activating group) is 1. The number of aryl methyl sites for hydroxylation is 1. The highest BCUT2D eigenvalue weighted by molar-refractivity contribution is 7.89. The first-order chi connectivity index (χ1) is 15.3. The van der Waals surface area contributed by atoms with E-state index in [0.29, 0.717) is 65.3 Å². The van der Waals surface area contributed by atoms with Crippen LogP contribution < -0.4 is 0 Å². The first-order valence-corrected chi connectivity index (χ1v) is 12.6. The molecule has 2 aliphatic heterocycles. The van der Waals surface area contributed by atoms with Crippen LogP contribution in [0.5, 0.6) is 0 Å². The molecule has 2 saturated heterocycles. The fraction of sp³-hybridized carbons (Fsp3) is 0.636. The molecular formula is C22H34N4O5S. The lowest BCUT2D eigenvalue weighted by Crippen LogP contribution is -2.40. The van der Waals surface area contributed by atoms with Crippen LogP contribution in [0.3, 0.4) is 0 Å². The number of carbonyl (C=O) groups excluding carboxylic acids is 2. The van der Waals surface area contributed by atoms with Crippen molar-refractivity contribution < 1.29 is 22.7 Å². The summed E-state index contributed by atoms with van der Waals surface area (Å²) in [4.78, 5) is 30.5. The standard InChI is InChI=1S/C22H34N4O5S/c1-23(2)22(28)18-24-10-3-11-25(13-12-24)21(27)9-6-19-4-7-20(8-5-19)32(29,30)26-14-16-31-17-15-26/h4-5,7-8H,3,6,9-18H2,1-2H3. The van der Waals surface area contributed by atoms with Crippen molar-refractivity contribution in [2.45, 2.75) is 24.2 Å². The highest BCUT2D eigenvalue weighted by atomic mass is 32.2. The molecule has 0 radical (unpaired) electrons. The van der Waals surface area contributed by atoms with Crippen molar-refractivity contribution in [3.63, 3.8) is 0 Å². The van der Waals surface area contributed by atoms with E-state index in [1.807, 2.05) is 4.90 Å². The predicted octanol–water partition coefficient (Wildman–Crippen LogP) is 0.263. The number of amides is 2. The zero-order valence-electron chi connectivity index (χ0n) is 19.0. The van der Waals surface area contributed by atoms with Gasteiger partial charge in [-0.25, -0.2) is 8.42 Å². The van der Waals surface area contributed by atoms with Crippen molar-refractivity contribution in [1.29, 1.82) is 0 Å². The van der Waals surface area contributed by atoms with Crippen molar-refractivity contribution in [3.05, 3.63) is 29.8 Å². The third-order valence-electron chi connectivity index (χ3n) is 5.96. The second-order valence-electron chi connectivity index (χ2n) is 8.46. The van der Waals surface area contributed by atoms with Crippen LogP contribution in [0.1, 0.15) is 18.4 Å². The highest BCUT2D eigenvalue weighted by Gasteiger charge is 2.26. The van der Waals surface area contributed by atoms with Gasteiger partial charge in [-0.15, -0.1) is 0 Å². The number of benzene rings is 1. The Morgan fingerprint density at radius 3 is 2.31 bits per heavy atom. The van der Waals surface area contributed by atoms with Crippen LogP contribution in [0.25, 0.3) is 0 Å². The van der Waals surface area contributed by atoms with Gasteiger partial charge in [0.2, 0.25) is 21.8 Å². The second-order valence-corrected chi connectivity index (χ2v) is 10.4. The van der Waals surface area contributed by atoms with Crippen molar-refractivity contribution in [2.75, 3.05) is 73.1 Å². The number of hydrogen-bond acceptors (Lipinski definition) is 6. The molecule has 0 spiro atoms. The van der Waals surface area contributed by atoms with Gasteiger partial charge in [0.05, 0.1) is 24.7 Å². The summed E-state index contributed by atoms with van der Waals surface area (Å²) in [6.07, 6.45) is 1.79. The smallest absolute Gasteiger partial charge is 0.243 e. The topological polar surface area (TPSA) is 90.5 Å². The van der Waals surface area contributed by atoms with E-state index in [-0.39, 0.29) is 16.7 Å². The molecule has 2 aliphatic rings. The Bertz CT molecular complexity index is 882. The number of carbonyl (C=O) groups is 2. The van der Waals surface area contributed by atoms with E-state index >= 15 is 0 Å². The molecular weight excluding hydrogens is 432 g/mol. The zero-order chi connectivity index (χ0) is 23.1. The third-order valence-corrected chi connectivity index (χ3v) is 7.87. The highest BCUT2D eigenvalue weighted by Crippen LogP contribution is 2.18. The van der Waals surface area contributed by atoms with E-state index in [4.69, 9.17) is 4.74 Å². The van der Waals surface area contributed by atoms with Gasteiger partial charge in [-0.3, -0.25) is 14.5 Å². The molecule has 0 saturated carbocycles. The number of hydrogen-bond donors (Lipinski definition) is 0. The van der Waals surface area contributed by atoms with Crippen molar-refractivity contribution in [2.24, 2.45) is 0 Å². The molecule has 32 heavy (non-hydrogen) atoms. The average Bonchev–Trinajstić information content (AvgIpc) is 3.04. The molecule has 9 nitrogen and oxygen atoms in total. The summed E-state index contributed by atoms with van der Waals surface area (Å²) in [5.41, 5.74) is 0.937. The predicted molar refractivity (Wildman–Crippen MR) is 121 cm³/mol. The lowest BCUT2D eigenvalue weighted by Gasteiger charge is -2.26. The molecule has 178 valence electrons. The summed E-state index contributed by atoms with van der Waals surface area (Å²) in [6.45, 7) is 4.78. The summed E-state index contributed by atoms with van der Waals surface area (Å²) < 4.78 is 32.1. The Balaban J connectivity index is 1.49. The number of ether oxygens (including phenoxy) is 1. The Kier molecular flexibility index (Phi) is 8.64. The molecule has 1 aromatic rings. The molecule has 0 atom stereocenters. The molecule has 3 rings (SSSR count). The first kappa shape index (κ1) is 24.6. The van der Waals surface area contributed by atoms with E-state index < -0.39 is 10.0 Å². The Morgan fingerprint density at radius 1 is 0.969 bits per heavy atom. The van der Waals surface area contributed by atoms with Gasteiger partial charge < -0.3 is 14.5 Å². The van der Waals surface area contributed by atoms with E-state index in [1.165, 1.54) is 4.31 Å². The summed E-state index contributed by atoms with van der Waals surface area (Å²) in [5, 5.41) is 0. The molecule has 2 fully saturated rings. The van der Waals surface area contributed by atoms with Crippen LogP contribution in [0.15, 0.2) is 29.2 Å². The minimum atomic E-state index is -3.50. The van der Waals surface area contributed by atoms with Crippen molar-refractivity contribution >= 4 is 21.8 Å². The second kappa shape index (κ2) is 11.2. The van der Waals surface area contributed by atoms with Gasteiger partial charge >= 0.3 is 0 Å². The number of rotatable bonds is 7. The van der Waals surface area contributed by atoms with Gasteiger partial charge in [-0.1, -0.05) is 12.1 Å². The SMILES string of the molecule is CN(C)C(=O)CN1CCCN(C(=O)CCc2ccc(S(=O)(=O)N3CCOCC3)cc2)CC1. The number of nitrogens with zero attached hydrogens (tertiary/aromatic N) is 4. The van der Waals surface area contributed by atoms with Crippen LogP contribution in [0.4, 0.5) is 0 Å². The molecule has 0 aliphatic carbocycles. The van der Waals surface area contributed by atoms with Crippen molar-refractivity contribution in [1.82, 2.24) is 19.0 Å². The summed E-state index contributed by atoms with van der Waals surface area (Å²) >= 11 is 0. The molecule has 2 heterocycles. The van der Waals surface area contributed by atoms with Gasteiger partial charge in [-0.2, -0.15) is 4.31 Å². The fourth-order valence-electron chi connectivity index (χ4n) is 3.88. The van der Waals surface area contributed by atoms with E-state index in [9.17, 15) is 18.0 Å². The van der Waals surface area contributed by atoms with Crippen LogP contribution in [0.2, 0.25) is 0 Å². The number of sulfonamides is 1. The first-order valence-electron chi connectivity index (χ1n) is 11.1.